The molecule has 2 N–H and O–H groups in total. The van der Waals surface area contributed by atoms with Crippen LogP contribution in [0.5, 0.6) is 0 Å². The van der Waals surface area contributed by atoms with Crippen molar-refractivity contribution in [1.82, 2.24) is 20.3 Å². The Balaban J connectivity index is 0.00000161. The van der Waals surface area contributed by atoms with Crippen LogP contribution in [-0.4, -0.2) is 40.3 Å². The van der Waals surface area contributed by atoms with Crippen molar-refractivity contribution in [1.29, 1.82) is 0 Å². The van der Waals surface area contributed by atoms with Crippen molar-refractivity contribution in [3.8, 4) is 0 Å². The zero-order valence-electron chi connectivity index (χ0n) is 12.1. The van der Waals surface area contributed by atoms with Crippen LogP contribution in [0.2, 0.25) is 0 Å². The molecular formula is C14H19ClFN5. The number of halogens is 2. The second kappa shape index (κ2) is 6.49. The number of nitrogens with one attached hydrogen (secondary N) is 2. The average Bonchev–Trinajstić information content (AvgIpc) is 2.81. The second-order valence-corrected chi connectivity index (χ2v) is 5.32. The highest BCUT2D eigenvalue weighted by atomic mass is 35.5. The summed E-state index contributed by atoms with van der Waals surface area (Å²) in [7, 11) is 0. The molecule has 1 fully saturated rings. The summed E-state index contributed by atoms with van der Waals surface area (Å²) in [6.07, 6.45) is 1.32. The van der Waals surface area contributed by atoms with Gasteiger partial charge in [-0.25, -0.2) is 19.3 Å². The van der Waals surface area contributed by atoms with Crippen LogP contribution in [0.3, 0.4) is 0 Å². The van der Waals surface area contributed by atoms with Crippen molar-refractivity contribution in [3.05, 3.63) is 23.7 Å². The number of hydrogen-bond acceptors (Lipinski definition) is 5. The standard InChI is InChI=1S/C14H18FN5.ClH/c1-8-3-9(2)20-14-12(8)13(18-7-19-14)17-6-11-4-10(15)5-16-11;/h3,7,10-11,16H,4-6H2,1-2H3,(H,17,18,19,20);1H/t10-,11-;/m0./s1. The summed E-state index contributed by atoms with van der Waals surface area (Å²) in [5.74, 6) is 0.768. The third-order valence-corrected chi connectivity index (χ3v) is 3.61. The van der Waals surface area contributed by atoms with Crippen LogP contribution in [0.1, 0.15) is 17.7 Å². The molecule has 3 rings (SSSR count). The first-order valence-electron chi connectivity index (χ1n) is 6.84. The van der Waals surface area contributed by atoms with E-state index in [2.05, 4.69) is 25.6 Å². The summed E-state index contributed by atoms with van der Waals surface area (Å²) >= 11 is 0. The van der Waals surface area contributed by atoms with Gasteiger partial charge in [0.25, 0.3) is 0 Å². The summed E-state index contributed by atoms with van der Waals surface area (Å²) in [5, 5.41) is 7.38. The first-order valence-corrected chi connectivity index (χ1v) is 6.84. The maximum Gasteiger partial charge on any atom is 0.165 e. The number of aryl methyl sites for hydroxylation is 2. The van der Waals surface area contributed by atoms with E-state index in [9.17, 15) is 4.39 Å². The Morgan fingerprint density at radius 1 is 1.38 bits per heavy atom. The van der Waals surface area contributed by atoms with Crippen LogP contribution >= 0.6 is 12.4 Å². The molecule has 1 aliphatic heterocycles. The summed E-state index contributed by atoms with van der Waals surface area (Å²) in [6, 6.07) is 2.16. The van der Waals surface area contributed by atoms with E-state index in [-0.39, 0.29) is 18.4 Å². The van der Waals surface area contributed by atoms with Gasteiger partial charge in [0.2, 0.25) is 0 Å². The lowest BCUT2D eigenvalue weighted by Crippen LogP contribution is -2.29. The Kier molecular flexibility index (Phi) is 4.90. The number of aromatic nitrogens is 3. The zero-order chi connectivity index (χ0) is 14.1. The van der Waals surface area contributed by atoms with Crippen molar-refractivity contribution in [2.45, 2.75) is 32.5 Å². The molecular weight excluding hydrogens is 293 g/mol. The van der Waals surface area contributed by atoms with E-state index in [0.29, 0.717) is 25.2 Å². The van der Waals surface area contributed by atoms with E-state index >= 15 is 0 Å². The largest absolute Gasteiger partial charge is 0.368 e. The highest BCUT2D eigenvalue weighted by Crippen LogP contribution is 2.22. The number of hydrogen-bond donors (Lipinski definition) is 2. The van der Waals surface area contributed by atoms with E-state index in [1.807, 2.05) is 19.9 Å². The molecule has 0 saturated carbocycles. The summed E-state index contributed by atoms with van der Waals surface area (Å²) in [6.45, 7) is 5.07. The molecule has 3 heterocycles. The van der Waals surface area contributed by atoms with E-state index in [1.165, 1.54) is 6.33 Å². The Labute approximate surface area is 129 Å². The third kappa shape index (κ3) is 3.39. The lowest BCUT2D eigenvalue weighted by atomic mass is 10.1. The van der Waals surface area contributed by atoms with Gasteiger partial charge in [-0.15, -0.1) is 12.4 Å². The highest BCUT2D eigenvalue weighted by Gasteiger charge is 2.23. The number of nitrogens with zero attached hydrogens (tertiary/aromatic N) is 3. The summed E-state index contributed by atoms with van der Waals surface area (Å²) in [4.78, 5) is 12.9. The molecule has 2 aromatic rings. The predicted octanol–water partition coefficient (Wildman–Crippen LogP) is 2.18. The minimum atomic E-state index is -0.741. The van der Waals surface area contributed by atoms with Gasteiger partial charge >= 0.3 is 0 Å². The van der Waals surface area contributed by atoms with Gasteiger partial charge in [0.1, 0.15) is 18.3 Å². The van der Waals surface area contributed by atoms with E-state index in [1.54, 1.807) is 0 Å². The first-order chi connectivity index (χ1) is 9.63. The summed E-state index contributed by atoms with van der Waals surface area (Å²) in [5.41, 5.74) is 2.73. The lowest BCUT2D eigenvalue weighted by Gasteiger charge is -2.14. The number of alkyl halides is 1. The number of pyridine rings is 1. The number of fused-ring (bicyclic) bond motifs is 1. The number of rotatable bonds is 3. The van der Waals surface area contributed by atoms with Gasteiger partial charge in [0, 0.05) is 24.8 Å². The monoisotopic (exact) mass is 311 g/mol. The number of anilines is 1. The normalized spacial score (nSPS) is 21.3. The first kappa shape index (κ1) is 15.9. The highest BCUT2D eigenvalue weighted by molar-refractivity contribution is 5.89. The van der Waals surface area contributed by atoms with Crippen LogP contribution in [0.25, 0.3) is 11.0 Å². The van der Waals surface area contributed by atoms with Gasteiger partial charge < -0.3 is 10.6 Å². The molecule has 0 spiro atoms. The van der Waals surface area contributed by atoms with Crippen molar-refractivity contribution in [2.75, 3.05) is 18.4 Å². The quantitative estimate of drug-likeness (QED) is 0.909. The van der Waals surface area contributed by atoms with E-state index in [0.717, 1.165) is 22.5 Å². The zero-order valence-corrected chi connectivity index (χ0v) is 12.9. The van der Waals surface area contributed by atoms with Crippen LogP contribution in [0.4, 0.5) is 10.2 Å². The molecule has 114 valence electrons. The SMILES string of the molecule is Cc1cc(C)c2c(NC[C@@H]3C[C@H](F)CN3)ncnc2n1.Cl. The van der Waals surface area contributed by atoms with Gasteiger partial charge in [-0.2, -0.15) is 0 Å². The lowest BCUT2D eigenvalue weighted by molar-refractivity contribution is 0.356. The fourth-order valence-electron chi connectivity index (χ4n) is 2.69. The van der Waals surface area contributed by atoms with E-state index < -0.39 is 6.17 Å². The molecule has 21 heavy (non-hydrogen) atoms. The van der Waals surface area contributed by atoms with Crippen molar-refractivity contribution < 1.29 is 4.39 Å². The predicted molar refractivity (Wildman–Crippen MR) is 83.8 cm³/mol. The molecule has 0 bridgehead atoms. The molecule has 7 heteroatoms. The fourth-order valence-corrected chi connectivity index (χ4v) is 2.69. The van der Waals surface area contributed by atoms with Crippen LogP contribution in [-0.2, 0) is 0 Å². The molecule has 0 aromatic carbocycles. The van der Waals surface area contributed by atoms with Crippen molar-refractivity contribution in [2.24, 2.45) is 0 Å². The smallest absolute Gasteiger partial charge is 0.165 e. The van der Waals surface area contributed by atoms with Crippen molar-refractivity contribution in [3.63, 3.8) is 0 Å². The fraction of sp³-hybridized carbons (Fsp3) is 0.500. The Morgan fingerprint density at radius 3 is 2.90 bits per heavy atom. The summed E-state index contributed by atoms with van der Waals surface area (Å²) < 4.78 is 13.1. The van der Waals surface area contributed by atoms with Gasteiger partial charge in [0.05, 0.1) is 5.39 Å². The van der Waals surface area contributed by atoms with Crippen LogP contribution < -0.4 is 10.6 Å². The second-order valence-electron chi connectivity index (χ2n) is 5.32. The molecule has 0 aliphatic carbocycles. The molecule has 0 unspecified atom stereocenters. The van der Waals surface area contributed by atoms with Gasteiger partial charge in [0.15, 0.2) is 5.65 Å². The minimum Gasteiger partial charge on any atom is -0.368 e. The van der Waals surface area contributed by atoms with Gasteiger partial charge in [-0.1, -0.05) is 0 Å². The third-order valence-electron chi connectivity index (χ3n) is 3.61. The Bertz CT molecular complexity index is 636. The Morgan fingerprint density at radius 2 is 2.19 bits per heavy atom. The molecule has 0 radical (unpaired) electrons. The molecule has 1 saturated heterocycles. The topological polar surface area (TPSA) is 62.7 Å². The molecule has 1 aliphatic rings. The van der Waals surface area contributed by atoms with E-state index in [4.69, 9.17) is 0 Å². The maximum atomic E-state index is 13.1. The van der Waals surface area contributed by atoms with Gasteiger partial charge in [-0.3, -0.25) is 0 Å². The minimum absolute atomic E-state index is 0. The molecule has 0 amide bonds. The Hall–Kier alpha value is -1.53. The molecule has 2 atom stereocenters. The van der Waals surface area contributed by atoms with Crippen LogP contribution in [0, 0.1) is 13.8 Å². The average molecular weight is 312 g/mol. The maximum absolute atomic E-state index is 13.1. The van der Waals surface area contributed by atoms with Gasteiger partial charge in [-0.05, 0) is 31.9 Å². The molecule has 2 aromatic heterocycles. The van der Waals surface area contributed by atoms with Crippen molar-refractivity contribution >= 4 is 29.3 Å². The molecule has 5 nitrogen and oxygen atoms in total. The van der Waals surface area contributed by atoms with Crippen LogP contribution in [0.15, 0.2) is 12.4 Å².